The predicted octanol–water partition coefficient (Wildman–Crippen LogP) is 3.02. The molecule has 3 atom stereocenters. The Hall–Kier alpha value is -1.30. The maximum Gasteiger partial charge on any atom is 0.0948 e. The second-order valence-corrected chi connectivity index (χ2v) is 6.47. The topological polar surface area (TPSA) is 23.5 Å². The van der Waals surface area contributed by atoms with Gasteiger partial charge in [-0.3, -0.25) is 4.90 Å². The Morgan fingerprint density at radius 2 is 1.90 bits per heavy atom. The molecule has 0 saturated carbocycles. The van der Waals surface area contributed by atoms with Crippen LogP contribution in [0.2, 0.25) is 0 Å². The highest BCUT2D eigenvalue weighted by Crippen LogP contribution is 2.42. The first-order valence-corrected chi connectivity index (χ1v) is 7.35. The summed E-state index contributed by atoms with van der Waals surface area (Å²) in [6, 6.07) is 10.2. The van der Waals surface area contributed by atoms with Crippen LogP contribution in [0.5, 0.6) is 0 Å². The molecular weight excluding hydrogens is 246 g/mol. The van der Waals surface area contributed by atoms with Crippen molar-refractivity contribution in [2.24, 2.45) is 5.92 Å². The van der Waals surface area contributed by atoms with E-state index in [9.17, 15) is 5.11 Å². The molecule has 2 rings (SSSR count). The summed E-state index contributed by atoms with van der Waals surface area (Å²) in [4.78, 5) is 2.33. The lowest BCUT2D eigenvalue weighted by Crippen LogP contribution is -2.60. The van der Waals surface area contributed by atoms with Crippen LogP contribution in [0.25, 0.3) is 0 Å². The molecule has 1 saturated heterocycles. The van der Waals surface area contributed by atoms with Gasteiger partial charge in [0.1, 0.15) is 0 Å². The Kier molecular flexibility index (Phi) is 3.95. The van der Waals surface area contributed by atoms with Gasteiger partial charge in [-0.25, -0.2) is 0 Å². The SMILES string of the molecule is C#CC(C)(C)N1CCC(O)(c2ccccc2)C(C)C1C. The second-order valence-electron chi connectivity index (χ2n) is 6.47. The Labute approximate surface area is 122 Å². The molecule has 1 aromatic rings. The van der Waals surface area contributed by atoms with Crippen LogP contribution in [0.3, 0.4) is 0 Å². The highest BCUT2D eigenvalue weighted by Gasteiger charge is 2.47. The molecule has 0 radical (unpaired) electrons. The average molecular weight is 271 g/mol. The molecule has 0 bridgehead atoms. The molecule has 1 fully saturated rings. The summed E-state index contributed by atoms with van der Waals surface area (Å²) in [6.07, 6.45) is 6.39. The van der Waals surface area contributed by atoms with Gasteiger partial charge >= 0.3 is 0 Å². The zero-order chi connectivity index (χ0) is 15.0. The molecule has 1 aromatic carbocycles. The first kappa shape index (κ1) is 15.1. The smallest absolute Gasteiger partial charge is 0.0948 e. The molecule has 20 heavy (non-hydrogen) atoms. The van der Waals surface area contributed by atoms with Crippen molar-refractivity contribution in [3.05, 3.63) is 35.9 Å². The Morgan fingerprint density at radius 3 is 2.45 bits per heavy atom. The van der Waals surface area contributed by atoms with Gasteiger partial charge in [0, 0.05) is 18.5 Å². The minimum atomic E-state index is -0.762. The highest BCUT2D eigenvalue weighted by molar-refractivity contribution is 5.25. The molecule has 1 aliphatic heterocycles. The number of rotatable bonds is 2. The van der Waals surface area contributed by atoms with E-state index in [-0.39, 0.29) is 17.5 Å². The van der Waals surface area contributed by atoms with Gasteiger partial charge in [-0.15, -0.1) is 6.42 Å². The molecule has 2 nitrogen and oxygen atoms in total. The zero-order valence-corrected chi connectivity index (χ0v) is 12.9. The van der Waals surface area contributed by atoms with E-state index in [1.165, 1.54) is 0 Å². The van der Waals surface area contributed by atoms with Crippen molar-refractivity contribution in [3.63, 3.8) is 0 Å². The third kappa shape index (κ3) is 2.37. The maximum absolute atomic E-state index is 11.2. The van der Waals surface area contributed by atoms with E-state index in [4.69, 9.17) is 6.42 Å². The maximum atomic E-state index is 11.2. The van der Waals surface area contributed by atoms with E-state index in [1.54, 1.807) is 0 Å². The van der Waals surface area contributed by atoms with E-state index < -0.39 is 5.60 Å². The van der Waals surface area contributed by atoms with Crippen LogP contribution in [-0.2, 0) is 5.60 Å². The monoisotopic (exact) mass is 271 g/mol. The molecule has 0 amide bonds. The molecule has 1 aliphatic rings. The van der Waals surface area contributed by atoms with Crippen LogP contribution in [0.15, 0.2) is 30.3 Å². The molecule has 0 spiro atoms. The molecule has 2 heteroatoms. The van der Waals surface area contributed by atoms with Gasteiger partial charge in [0.05, 0.1) is 11.1 Å². The van der Waals surface area contributed by atoms with Crippen molar-refractivity contribution in [3.8, 4) is 12.3 Å². The fraction of sp³-hybridized carbons (Fsp3) is 0.556. The van der Waals surface area contributed by atoms with Crippen molar-refractivity contribution in [2.75, 3.05) is 6.54 Å². The summed E-state index contributed by atoms with van der Waals surface area (Å²) in [7, 11) is 0. The number of terminal acetylenes is 1. The average Bonchev–Trinajstić information content (AvgIpc) is 2.45. The fourth-order valence-corrected chi connectivity index (χ4v) is 3.40. The van der Waals surface area contributed by atoms with E-state index >= 15 is 0 Å². The third-order valence-corrected chi connectivity index (χ3v) is 5.05. The largest absolute Gasteiger partial charge is 0.385 e. The minimum Gasteiger partial charge on any atom is -0.385 e. The number of likely N-dealkylation sites (tertiary alicyclic amines) is 1. The lowest BCUT2D eigenvalue weighted by Gasteiger charge is -2.52. The number of benzene rings is 1. The van der Waals surface area contributed by atoms with Gasteiger partial charge in [-0.1, -0.05) is 43.2 Å². The molecule has 1 N–H and O–H groups in total. The standard InChI is InChI=1S/C18H25NO/c1-6-17(4,5)19-13-12-18(20,14(2)15(19)3)16-10-8-7-9-11-16/h1,7-11,14-15,20H,12-13H2,2-5H3. The summed E-state index contributed by atoms with van der Waals surface area (Å²) in [5.41, 5.74) is -0.0226. The molecule has 3 unspecified atom stereocenters. The first-order valence-electron chi connectivity index (χ1n) is 7.35. The Morgan fingerprint density at radius 1 is 1.30 bits per heavy atom. The minimum absolute atomic E-state index is 0.131. The lowest BCUT2D eigenvalue weighted by atomic mass is 9.72. The van der Waals surface area contributed by atoms with Crippen LogP contribution in [0, 0.1) is 18.3 Å². The Balaban J connectivity index is 2.30. The van der Waals surface area contributed by atoms with Gasteiger partial charge in [-0.2, -0.15) is 0 Å². The van der Waals surface area contributed by atoms with Gasteiger partial charge in [0.15, 0.2) is 0 Å². The van der Waals surface area contributed by atoms with Crippen molar-refractivity contribution >= 4 is 0 Å². The van der Waals surface area contributed by atoms with Gasteiger partial charge in [0.2, 0.25) is 0 Å². The number of piperidine rings is 1. The van der Waals surface area contributed by atoms with E-state index in [2.05, 4.69) is 38.5 Å². The van der Waals surface area contributed by atoms with Crippen LogP contribution >= 0.6 is 0 Å². The molecule has 0 aromatic heterocycles. The Bertz CT molecular complexity index is 502. The van der Waals surface area contributed by atoms with Crippen molar-refractivity contribution in [1.82, 2.24) is 4.90 Å². The molecule has 108 valence electrons. The van der Waals surface area contributed by atoms with Crippen molar-refractivity contribution < 1.29 is 5.11 Å². The van der Waals surface area contributed by atoms with Crippen molar-refractivity contribution in [1.29, 1.82) is 0 Å². The number of nitrogens with zero attached hydrogens (tertiary/aromatic N) is 1. The van der Waals surface area contributed by atoms with E-state index in [1.807, 2.05) is 30.3 Å². The predicted molar refractivity (Wildman–Crippen MR) is 83.2 cm³/mol. The summed E-state index contributed by atoms with van der Waals surface area (Å²) >= 11 is 0. The molecule has 1 heterocycles. The summed E-state index contributed by atoms with van der Waals surface area (Å²) in [5, 5.41) is 11.2. The van der Waals surface area contributed by atoms with Crippen molar-refractivity contribution in [2.45, 2.75) is 51.3 Å². The number of aliphatic hydroxyl groups is 1. The first-order chi connectivity index (χ1) is 9.33. The summed E-state index contributed by atoms with van der Waals surface area (Å²) in [6.45, 7) is 9.24. The van der Waals surface area contributed by atoms with Crippen LogP contribution in [0.4, 0.5) is 0 Å². The number of hydrogen-bond donors (Lipinski definition) is 1. The highest BCUT2D eigenvalue weighted by atomic mass is 16.3. The summed E-state index contributed by atoms with van der Waals surface area (Å²) < 4.78 is 0. The lowest BCUT2D eigenvalue weighted by molar-refractivity contribution is -0.111. The third-order valence-electron chi connectivity index (χ3n) is 5.05. The van der Waals surface area contributed by atoms with Crippen LogP contribution < -0.4 is 0 Å². The second kappa shape index (κ2) is 5.24. The molecule has 0 aliphatic carbocycles. The van der Waals surface area contributed by atoms with Gasteiger partial charge in [0.25, 0.3) is 0 Å². The van der Waals surface area contributed by atoms with E-state index in [0.29, 0.717) is 6.42 Å². The van der Waals surface area contributed by atoms with Gasteiger partial charge < -0.3 is 5.11 Å². The van der Waals surface area contributed by atoms with E-state index in [0.717, 1.165) is 12.1 Å². The number of hydrogen-bond acceptors (Lipinski definition) is 2. The quantitative estimate of drug-likeness (QED) is 0.836. The zero-order valence-electron chi connectivity index (χ0n) is 12.9. The summed E-state index contributed by atoms with van der Waals surface area (Å²) in [5.74, 6) is 3.00. The normalized spacial score (nSPS) is 31.8. The fourth-order valence-electron chi connectivity index (χ4n) is 3.40. The van der Waals surface area contributed by atoms with Gasteiger partial charge in [-0.05, 0) is 32.8 Å². The molecular formula is C18H25NO. The van der Waals surface area contributed by atoms with Crippen LogP contribution in [-0.4, -0.2) is 28.1 Å². The van der Waals surface area contributed by atoms with Crippen LogP contribution in [0.1, 0.15) is 39.7 Å².